The molecule has 0 atom stereocenters. The Labute approximate surface area is 186 Å². The van der Waals surface area contributed by atoms with Crippen LogP contribution in [-0.4, -0.2) is 39.3 Å². The van der Waals surface area contributed by atoms with E-state index in [9.17, 15) is 4.79 Å². The fraction of sp³-hybridized carbons (Fsp3) is 0.250. The molecule has 0 bridgehead atoms. The van der Waals surface area contributed by atoms with Crippen molar-refractivity contribution in [2.24, 2.45) is 0 Å². The largest absolute Gasteiger partial charge is 0.493 e. The first kappa shape index (κ1) is 21.4. The Morgan fingerprint density at radius 2 is 1.94 bits per heavy atom. The molecular weight excluding hydrogens is 442 g/mol. The Bertz CT molecular complexity index is 1330. The van der Waals surface area contributed by atoms with Gasteiger partial charge in [-0.25, -0.2) is 4.79 Å². The molecule has 4 rings (SSSR count). The van der Waals surface area contributed by atoms with E-state index in [0.29, 0.717) is 39.1 Å². The lowest BCUT2D eigenvalue weighted by Crippen LogP contribution is -2.17. The molecule has 0 fully saturated rings. The van der Waals surface area contributed by atoms with Gasteiger partial charge in [0.25, 0.3) is 5.89 Å². The molecule has 0 N–H and O–H groups in total. The fourth-order valence-electron chi connectivity index (χ4n) is 3.03. The topological polar surface area (TPSA) is 131 Å². The quantitative estimate of drug-likeness (QED) is 0.405. The molecule has 0 saturated heterocycles. The van der Waals surface area contributed by atoms with Crippen molar-refractivity contribution in [1.29, 1.82) is 0 Å². The van der Waals surface area contributed by atoms with E-state index in [1.54, 1.807) is 32.1 Å². The van der Waals surface area contributed by atoms with Crippen LogP contribution in [0, 0.1) is 13.8 Å². The standard InChI is InChI=1S/C20H18ClN5O6/c1-10-16(11(2)31-24-10)19-22-14(25-32-19)9-26-20(27)30-15(23-26)8-6-12-5-7-13(28-3)18(29-4)17(12)21/h5-8H,9H2,1-4H3. The Kier molecular flexibility index (Phi) is 5.82. The molecule has 1 aromatic carbocycles. The second-order valence-corrected chi connectivity index (χ2v) is 6.99. The van der Waals surface area contributed by atoms with Gasteiger partial charge >= 0.3 is 5.76 Å². The number of rotatable bonds is 7. The lowest BCUT2D eigenvalue weighted by atomic mass is 10.2. The zero-order valence-corrected chi connectivity index (χ0v) is 18.3. The van der Waals surface area contributed by atoms with Crippen LogP contribution in [0.25, 0.3) is 23.6 Å². The number of benzene rings is 1. The molecule has 0 amide bonds. The third-order valence-corrected chi connectivity index (χ3v) is 4.94. The maximum atomic E-state index is 12.2. The summed E-state index contributed by atoms with van der Waals surface area (Å²) in [6, 6.07) is 3.46. The first-order chi connectivity index (χ1) is 15.4. The first-order valence-corrected chi connectivity index (χ1v) is 9.71. The summed E-state index contributed by atoms with van der Waals surface area (Å²) in [5.74, 6) is 1.35. The molecule has 32 heavy (non-hydrogen) atoms. The van der Waals surface area contributed by atoms with Crippen LogP contribution in [0.1, 0.15) is 28.7 Å². The van der Waals surface area contributed by atoms with Crippen molar-refractivity contribution in [1.82, 2.24) is 25.1 Å². The lowest BCUT2D eigenvalue weighted by molar-refractivity contribution is 0.355. The predicted octanol–water partition coefficient (Wildman–Crippen LogP) is 3.38. The van der Waals surface area contributed by atoms with E-state index in [4.69, 9.17) is 34.5 Å². The number of aromatic nitrogens is 5. The minimum absolute atomic E-state index is 0.0415. The Morgan fingerprint density at radius 1 is 1.12 bits per heavy atom. The number of hydrogen-bond donors (Lipinski definition) is 0. The summed E-state index contributed by atoms with van der Waals surface area (Å²) in [6.45, 7) is 3.46. The lowest BCUT2D eigenvalue weighted by Gasteiger charge is -2.10. The van der Waals surface area contributed by atoms with E-state index >= 15 is 0 Å². The normalized spacial score (nSPS) is 11.4. The fourth-order valence-corrected chi connectivity index (χ4v) is 3.32. The Hall–Kier alpha value is -3.86. The van der Waals surface area contributed by atoms with Gasteiger partial charge in [0.1, 0.15) is 17.9 Å². The van der Waals surface area contributed by atoms with Crippen LogP contribution in [0.2, 0.25) is 5.02 Å². The highest BCUT2D eigenvalue weighted by molar-refractivity contribution is 6.33. The molecule has 0 aliphatic heterocycles. The summed E-state index contributed by atoms with van der Waals surface area (Å²) >= 11 is 6.36. The highest BCUT2D eigenvalue weighted by Crippen LogP contribution is 2.37. The monoisotopic (exact) mass is 459 g/mol. The maximum absolute atomic E-state index is 12.2. The summed E-state index contributed by atoms with van der Waals surface area (Å²) in [5.41, 5.74) is 1.87. The smallest absolute Gasteiger partial charge is 0.437 e. The van der Waals surface area contributed by atoms with Crippen molar-refractivity contribution in [2.45, 2.75) is 20.4 Å². The van der Waals surface area contributed by atoms with Crippen molar-refractivity contribution in [2.75, 3.05) is 14.2 Å². The van der Waals surface area contributed by atoms with Crippen LogP contribution in [0.4, 0.5) is 0 Å². The SMILES string of the molecule is COc1ccc(C=Cc2nn(Cc3noc(-c4c(C)noc4C)n3)c(=O)o2)c(Cl)c1OC. The van der Waals surface area contributed by atoms with Gasteiger partial charge in [0.05, 0.1) is 24.9 Å². The minimum atomic E-state index is -0.674. The third-order valence-electron chi connectivity index (χ3n) is 4.55. The molecule has 0 radical (unpaired) electrons. The van der Waals surface area contributed by atoms with Gasteiger partial charge in [0.2, 0.25) is 5.89 Å². The average Bonchev–Trinajstić information content (AvgIpc) is 3.46. The average molecular weight is 460 g/mol. The summed E-state index contributed by atoms with van der Waals surface area (Å²) < 4.78 is 27.1. The van der Waals surface area contributed by atoms with Crippen LogP contribution in [0.3, 0.4) is 0 Å². The second-order valence-electron chi connectivity index (χ2n) is 6.62. The Balaban J connectivity index is 1.54. The summed E-state index contributed by atoms with van der Waals surface area (Å²) in [7, 11) is 3.01. The van der Waals surface area contributed by atoms with Gasteiger partial charge in [-0.1, -0.05) is 21.9 Å². The first-order valence-electron chi connectivity index (χ1n) is 9.33. The number of methoxy groups -OCH3 is 2. The van der Waals surface area contributed by atoms with E-state index in [0.717, 1.165) is 4.68 Å². The van der Waals surface area contributed by atoms with Crippen LogP contribution < -0.4 is 15.2 Å². The molecule has 0 aliphatic rings. The highest BCUT2D eigenvalue weighted by Gasteiger charge is 2.19. The van der Waals surface area contributed by atoms with E-state index < -0.39 is 5.76 Å². The zero-order valence-electron chi connectivity index (χ0n) is 17.6. The van der Waals surface area contributed by atoms with Gasteiger partial charge in [-0.2, -0.15) is 9.67 Å². The summed E-state index contributed by atoms with van der Waals surface area (Å²) in [5, 5.41) is 12.2. The summed E-state index contributed by atoms with van der Waals surface area (Å²) in [4.78, 5) is 16.5. The van der Waals surface area contributed by atoms with Crippen molar-refractivity contribution in [3.8, 4) is 23.0 Å². The zero-order chi connectivity index (χ0) is 22.8. The number of halogens is 1. The van der Waals surface area contributed by atoms with E-state index in [1.165, 1.54) is 20.3 Å². The van der Waals surface area contributed by atoms with Crippen molar-refractivity contribution in [3.05, 3.63) is 56.4 Å². The predicted molar refractivity (Wildman–Crippen MR) is 113 cm³/mol. The van der Waals surface area contributed by atoms with Crippen LogP contribution in [0.5, 0.6) is 11.5 Å². The van der Waals surface area contributed by atoms with Crippen molar-refractivity contribution >= 4 is 23.8 Å². The number of ether oxygens (including phenoxy) is 2. The maximum Gasteiger partial charge on any atom is 0.437 e. The van der Waals surface area contributed by atoms with Crippen LogP contribution in [0.15, 0.2) is 30.4 Å². The molecule has 4 aromatic rings. The molecule has 0 aliphatic carbocycles. The number of aryl methyl sites for hydroxylation is 2. The molecule has 12 heteroatoms. The molecule has 0 saturated carbocycles. The molecule has 0 spiro atoms. The van der Waals surface area contributed by atoms with E-state index in [2.05, 4.69) is 20.4 Å². The van der Waals surface area contributed by atoms with Crippen molar-refractivity contribution in [3.63, 3.8) is 0 Å². The van der Waals surface area contributed by atoms with Crippen molar-refractivity contribution < 1.29 is 22.9 Å². The molecule has 3 aromatic heterocycles. The van der Waals surface area contributed by atoms with Gasteiger partial charge in [-0.3, -0.25) is 0 Å². The van der Waals surface area contributed by atoms with Gasteiger partial charge in [-0.05, 0) is 37.6 Å². The molecule has 11 nitrogen and oxygen atoms in total. The van der Waals surface area contributed by atoms with Crippen LogP contribution in [-0.2, 0) is 6.54 Å². The second kappa shape index (κ2) is 8.71. The van der Waals surface area contributed by atoms with Gasteiger partial charge < -0.3 is 22.9 Å². The molecule has 0 unspecified atom stereocenters. The van der Waals surface area contributed by atoms with Gasteiger partial charge in [0.15, 0.2) is 17.3 Å². The molecular formula is C20H18ClN5O6. The number of nitrogens with zero attached hydrogens (tertiary/aromatic N) is 5. The highest BCUT2D eigenvalue weighted by atomic mass is 35.5. The molecule has 3 heterocycles. The summed E-state index contributed by atoms with van der Waals surface area (Å²) in [6.07, 6.45) is 3.15. The minimum Gasteiger partial charge on any atom is -0.493 e. The third kappa shape index (κ3) is 4.02. The number of hydrogen-bond acceptors (Lipinski definition) is 10. The van der Waals surface area contributed by atoms with Gasteiger partial charge in [0, 0.05) is 6.08 Å². The van der Waals surface area contributed by atoms with Gasteiger partial charge in [-0.15, -0.1) is 5.10 Å². The molecule has 166 valence electrons. The van der Waals surface area contributed by atoms with Crippen LogP contribution >= 0.6 is 11.6 Å². The van der Waals surface area contributed by atoms with E-state index in [-0.39, 0.29) is 24.2 Å². The Morgan fingerprint density at radius 3 is 2.62 bits per heavy atom. The van der Waals surface area contributed by atoms with E-state index in [1.807, 2.05) is 0 Å².